The Hall–Kier alpha value is -4.87. The lowest BCUT2D eigenvalue weighted by Crippen LogP contribution is -2.34. The molecule has 3 aromatic rings. The molecule has 0 bridgehead atoms. The molecule has 0 unspecified atom stereocenters. The van der Waals surface area contributed by atoms with Crippen LogP contribution in [-0.4, -0.2) is 49.6 Å². The van der Waals surface area contributed by atoms with E-state index in [0.29, 0.717) is 37.1 Å². The highest BCUT2D eigenvalue weighted by molar-refractivity contribution is 5.99. The van der Waals surface area contributed by atoms with E-state index in [1.807, 2.05) is 24.3 Å². The zero-order valence-corrected chi connectivity index (χ0v) is 23.2. The second-order valence-electron chi connectivity index (χ2n) is 9.63. The van der Waals surface area contributed by atoms with Crippen molar-refractivity contribution in [3.8, 4) is 0 Å². The van der Waals surface area contributed by atoms with Crippen molar-refractivity contribution in [2.45, 2.75) is 45.4 Å². The molecule has 4 heterocycles. The number of carbonyl (C=O) groups is 2. The van der Waals surface area contributed by atoms with Crippen LogP contribution >= 0.6 is 0 Å². The first-order valence-corrected chi connectivity index (χ1v) is 13.2. The summed E-state index contributed by atoms with van der Waals surface area (Å²) in [4.78, 5) is 50.4. The molecule has 1 N–H and O–H groups in total. The molecule has 1 aliphatic rings. The number of hydrogen-bond donors (Lipinski definition) is 1. The topological polar surface area (TPSA) is 151 Å². The number of nitrogens with zero attached hydrogens (tertiary/aromatic N) is 5. The number of rotatable bonds is 12. The Kier molecular flexibility index (Phi) is 9.56. The SMILES string of the molecule is CC1=C(C(=O)OCCCc2cccnc2)C(c2ncc([N+](=O)[O-])n2C)C(C(=O)OCCCc2cccnc2)=C(C)N1. The highest BCUT2D eigenvalue weighted by Crippen LogP contribution is 2.39. The number of esters is 2. The van der Waals surface area contributed by atoms with E-state index in [-0.39, 0.29) is 36.0 Å². The van der Waals surface area contributed by atoms with Gasteiger partial charge < -0.3 is 24.9 Å². The molecule has 214 valence electrons. The number of pyridine rings is 2. The van der Waals surface area contributed by atoms with E-state index in [9.17, 15) is 19.7 Å². The summed E-state index contributed by atoms with van der Waals surface area (Å²) in [6, 6.07) is 7.57. The summed E-state index contributed by atoms with van der Waals surface area (Å²) in [6.07, 6.45) is 10.5. The predicted octanol–water partition coefficient (Wildman–Crippen LogP) is 3.71. The third kappa shape index (κ3) is 7.02. The molecule has 0 fully saturated rings. The molecule has 4 rings (SSSR count). The molecule has 12 heteroatoms. The van der Waals surface area contributed by atoms with Crippen molar-refractivity contribution in [2.75, 3.05) is 13.2 Å². The minimum atomic E-state index is -1.04. The fourth-order valence-electron chi connectivity index (χ4n) is 4.78. The molecule has 1 aliphatic heterocycles. The zero-order valence-electron chi connectivity index (χ0n) is 23.2. The van der Waals surface area contributed by atoms with Gasteiger partial charge in [0.1, 0.15) is 12.1 Å². The molecular weight excluding hydrogens is 528 g/mol. The summed E-state index contributed by atoms with van der Waals surface area (Å²) in [5.41, 5.74) is 3.24. The Morgan fingerprint density at radius 1 is 0.927 bits per heavy atom. The molecule has 0 saturated carbocycles. The number of hydrogen-bond acceptors (Lipinski definition) is 10. The van der Waals surface area contributed by atoms with Gasteiger partial charge in [-0.3, -0.25) is 9.97 Å². The van der Waals surface area contributed by atoms with Gasteiger partial charge in [0.05, 0.1) is 31.4 Å². The normalized spacial score (nSPS) is 13.6. The Balaban J connectivity index is 1.54. The molecule has 0 amide bonds. The van der Waals surface area contributed by atoms with Gasteiger partial charge in [-0.1, -0.05) is 12.1 Å². The van der Waals surface area contributed by atoms with Crippen LogP contribution in [0.25, 0.3) is 0 Å². The van der Waals surface area contributed by atoms with Gasteiger partial charge >= 0.3 is 17.8 Å². The highest BCUT2D eigenvalue weighted by Gasteiger charge is 2.42. The van der Waals surface area contributed by atoms with Gasteiger partial charge in [-0.25, -0.2) is 19.1 Å². The van der Waals surface area contributed by atoms with Crippen LogP contribution in [0.4, 0.5) is 5.82 Å². The van der Waals surface area contributed by atoms with E-state index < -0.39 is 22.8 Å². The number of dihydropyridines is 1. The number of carbonyl (C=O) groups excluding carboxylic acids is 2. The minimum Gasteiger partial charge on any atom is -0.462 e. The first-order valence-electron chi connectivity index (χ1n) is 13.2. The summed E-state index contributed by atoms with van der Waals surface area (Å²) in [7, 11) is 1.47. The van der Waals surface area contributed by atoms with Crippen LogP contribution in [0.2, 0.25) is 0 Å². The van der Waals surface area contributed by atoms with Crippen LogP contribution in [0, 0.1) is 10.1 Å². The molecule has 41 heavy (non-hydrogen) atoms. The van der Waals surface area contributed by atoms with Crippen LogP contribution in [0.5, 0.6) is 0 Å². The van der Waals surface area contributed by atoms with Gasteiger partial charge in [0, 0.05) is 36.2 Å². The van der Waals surface area contributed by atoms with E-state index in [4.69, 9.17) is 9.47 Å². The quantitative estimate of drug-likeness (QED) is 0.150. The summed E-state index contributed by atoms with van der Waals surface area (Å²) in [6.45, 7) is 3.65. The van der Waals surface area contributed by atoms with Crippen molar-refractivity contribution in [1.82, 2.24) is 24.8 Å². The lowest BCUT2D eigenvalue weighted by molar-refractivity contribution is -0.391. The van der Waals surface area contributed by atoms with Crippen LogP contribution in [-0.2, 0) is 39.0 Å². The minimum absolute atomic E-state index is 0.134. The number of ether oxygens (including phenoxy) is 2. The standard InChI is InChI=1S/C29H32N6O6/c1-19-24(28(36)40-14-6-10-21-8-4-12-30-16-21)26(27-32-18-23(34(27)3)35(38)39)25(20(2)33-19)29(37)41-15-7-11-22-9-5-13-31-17-22/h4-5,8-9,12-13,16-18,26,33H,6-7,10-11,14-15H2,1-3H3. The fraction of sp³-hybridized carbons (Fsp3) is 0.345. The third-order valence-electron chi connectivity index (χ3n) is 6.78. The van der Waals surface area contributed by atoms with Gasteiger partial charge in [-0.05, 0) is 67.7 Å². The largest absolute Gasteiger partial charge is 0.462 e. The Bertz CT molecular complexity index is 1380. The first-order chi connectivity index (χ1) is 19.8. The van der Waals surface area contributed by atoms with E-state index in [1.165, 1.54) is 11.6 Å². The summed E-state index contributed by atoms with van der Waals surface area (Å²) < 4.78 is 12.5. The highest BCUT2D eigenvalue weighted by atomic mass is 16.6. The smallest absolute Gasteiger partial charge is 0.342 e. The van der Waals surface area contributed by atoms with Crippen molar-refractivity contribution in [3.63, 3.8) is 0 Å². The summed E-state index contributed by atoms with van der Waals surface area (Å²) in [5.74, 6) is -2.45. The van der Waals surface area contributed by atoms with E-state index in [0.717, 1.165) is 17.3 Å². The van der Waals surface area contributed by atoms with Gasteiger partial charge in [0.25, 0.3) is 0 Å². The maximum atomic E-state index is 13.5. The van der Waals surface area contributed by atoms with Crippen LogP contribution in [0.15, 0.2) is 77.8 Å². The average Bonchev–Trinajstić information content (AvgIpc) is 3.35. The number of allylic oxidation sites excluding steroid dienone is 2. The maximum Gasteiger partial charge on any atom is 0.342 e. The predicted molar refractivity (Wildman–Crippen MR) is 148 cm³/mol. The van der Waals surface area contributed by atoms with Gasteiger partial charge in [0.2, 0.25) is 5.82 Å². The molecule has 0 saturated heterocycles. The molecule has 0 aliphatic carbocycles. The van der Waals surface area contributed by atoms with Crippen molar-refractivity contribution in [1.29, 1.82) is 0 Å². The molecule has 3 aromatic heterocycles. The summed E-state index contributed by atoms with van der Waals surface area (Å²) in [5, 5.41) is 14.7. The zero-order chi connectivity index (χ0) is 29.4. The van der Waals surface area contributed by atoms with E-state index in [1.54, 1.807) is 38.6 Å². The Labute approximate surface area is 237 Å². The average molecular weight is 561 g/mol. The monoisotopic (exact) mass is 560 g/mol. The summed E-state index contributed by atoms with van der Waals surface area (Å²) >= 11 is 0. The van der Waals surface area contributed by atoms with Crippen LogP contribution in [0.1, 0.15) is 49.6 Å². The number of aryl methyl sites for hydroxylation is 2. The molecule has 12 nitrogen and oxygen atoms in total. The fourth-order valence-corrected chi connectivity index (χ4v) is 4.78. The number of nitro groups is 1. The second kappa shape index (κ2) is 13.5. The van der Waals surface area contributed by atoms with Crippen molar-refractivity contribution >= 4 is 17.8 Å². The van der Waals surface area contributed by atoms with Crippen LogP contribution < -0.4 is 5.32 Å². The van der Waals surface area contributed by atoms with E-state index in [2.05, 4.69) is 20.3 Å². The number of imidazole rings is 1. The van der Waals surface area contributed by atoms with Crippen molar-refractivity contribution in [3.05, 3.63) is 105 Å². The first kappa shape index (κ1) is 29.1. The number of aromatic nitrogens is 4. The van der Waals surface area contributed by atoms with Gasteiger partial charge in [-0.15, -0.1) is 0 Å². The number of nitrogens with one attached hydrogen (secondary N) is 1. The van der Waals surface area contributed by atoms with E-state index >= 15 is 0 Å². The van der Waals surface area contributed by atoms with Gasteiger partial charge in [-0.2, -0.15) is 0 Å². The Morgan fingerprint density at radius 3 is 1.85 bits per heavy atom. The molecule has 0 spiro atoms. The maximum absolute atomic E-state index is 13.5. The van der Waals surface area contributed by atoms with Crippen molar-refractivity contribution in [2.24, 2.45) is 7.05 Å². The third-order valence-corrected chi connectivity index (χ3v) is 6.78. The molecule has 0 aromatic carbocycles. The Morgan fingerprint density at radius 2 is 1.44 bits per heavy atom. The van der Waals surface area contributed by atoms with Crippen molar-refractivity contribution < 1.29 is 24.0 Å². The van der Waals surface area contributed by atoms with Gasteiger partial charge in [0.15, 0.2) is 0 Å². The lowest BCUT2D eigenvalue weighted by Gasteiger charge is -2.28. The molecular formula is C29H32N6O6. The molecule has 0 atom stereocenters. The second-order valence-corrected chi connectivity index (χ2v) is 9.63. The lowest BCUT2D eigenvalue weighted by atomic mass is 9.84. The molecule has 0 radical (unpaired) electrons. The van der Waals surface area contributed by atoms with Crippen LogP contribution in [0.3, 0.4) is 0 Å².